The van der Waals surface area contributed by atoms with Gasteiger partial charge in [0.2, 0.25) is 0 Å². The first-order valence-electron chi connectivity index (χ1n) is 6.10. The first-order valence-corrected chi connectivity index (χ1v) is 7.74. The van der Waals surface area contributed by atoms with Crippen molar-refractivity contribution in [3.8, 4) is 0 Å². The standard InChI is InChI=1S/C13H15N3S2/c1-9-15-16-13(17-9)18-12-5-3-2-4-10(12)8-14-11-6-7-11/h2-5,11,14H,6-8H2,1H3. The predicted molar refractivity (Wildman–Crippen MR) is 75.1 cm³/mol. The van der Waals surface area contributed by atoms with Gasteiger partial charge in [0.1, 0.15) is 5.01 Å². The monoisotopic (exact) mass is 277 g/mol. The van der Waals surface area contributed by atoms with Crippen molar-refractivity contribution in [2.45, 2.75) is 41.6 Å². The van der Waals surface area contributed by atoms with Crippen LogP contribution in [0.3, 0.4) is 0 Å². The molecule has 1 aliphatic rings. The lowest BCUT2D eigenvalue weighted by atomic mass is 10.2. The molecule has 0 saturated heterocycles. The van der Waals surface area contributed by atoms with Crippen molar-refractivity contribution in [3.63, 3.8) is 0 Å². The summed E-state index contributed by atoms with van der Waals surface area (Å²) in [5, 5.41) is 12.8. The van der Waals surface area contributed by atoms with Gasteiger partial charge in [-0.15, -0.1) is 10.2 Å². The highest BCUT2D eigenvalue weighted by Crippen LogP contribution is 2.32. The molecule has 0 atom stereocenters. The Bertz CT molecular complexity index is 535. The minimum Gasteiger partial charge on any atom is -0.310 e. The molecule has 1 fully saturated rings. The van der Waals surface area contributed by atoms with E-state index in [1.807, 2.05) is 6.92 Å². The number of hydrogen-bond donors (Lipinski definition) is 1. The van der Waals surface area contributed by atoms with E-state index >= 15 is 0 Å². The van der Waals surface area contributed by atoms with Crippen LogP contribution in [0.1, 0.15) is 23.4 Å². The highest BCUT2D eigenvalue weighted by molar-refractivity contribution is 8.01. The molecule has 0 bridgehead atoms. The van der Waals surface area contributed by atoms with Crippen LogP contribution in [0.25, 0.3) is 0 Å². The molecule has 0 radical (unpaired) electrons. The summed E-state index contributed by atoms with van der Waals surface area (Å²) in [6.45, 7) is 2.94. The van der Waals surface area contributed by atoms with Crippen molar-refractivity contribution < 1.29 is 0 Å². The largest absolute Gasteiger partial charge is 0.310 e. The van der Waals surface area contributed by atoms with Gasteiger partial charge in [-0.3, -0.25) is 0 Å². The van der Waals surface area contributed by atoms with Crippen LogP contribution in [-0.4, -0.2) is 16.2 Å². The number of benzene rings is 1. The number of hydrogen-bond acceptors (Lipinski definition) is 5. The van der Waals surface area contributed by atoms with Gasteiger partial charge in [0.15, 0.2) is 4.34 Å². The second kappa shape index (κ2) is 5.38. The molecule has 0 spiro atoms. The maximum Gasteiger partial charge on any atom is 0.179 e. The molecule has 5 heteroatoms. The summed E-state index contributed by atoms with van der Waals surface area (Å²) in [5.74, 6) is 0. The Morgan fingerprint density at radius 1 is 1.33 bits per heavy atom. The summed E-state index contributed by atoms with van der Waals surface area (Å²) in [6, 6.07) is 9.26. The predicted octanol–water partition coefficient (Wildman–Crippen LogP) is 3.25. The Morgan fingerprint density at radius 3 is 2.89 bits per heavy atom. The van der Waals surface area contributed by atoms with Gasteiger partial charge in [0.05, 0.1) is 0 Å². The van der Waals surface area contributed by atoms with Gasteiger partial charge in [0, 0.05) is 17.5 Å². The molecule has 1 aromatic heterocycles. The molecular weight excluding hydrogens is 262 g/mol. The second-order valence-electron chi connectivity index (χ2n) is 4.45. The van der Waals surface area contributed by atoms with Crippen LogP contribution >= 0.6 is 23.1 Å². The van der Waals surface area contributed by atoms with Crippen molar-refractivity contribution in [1.29, 1.82) is 0 Å². The summed E-state index contributed by atoms with van der Waals surface area (Å²) >= 11 is 3.36. The molecule has 3 rings (SSSR count). The highest BCUT2D eigenvalue weighted by Gasteiger charge is 2.20. The molecule has 2 aromatic rings. The quantitative estimate of drug-likeness (QED) is 0.910. The van der Waals surface area contributed by atoms with Crippen molar-refractivity contribution in [2.24, 2.45) is 0 Å². The zero-order valence-electron chi connectivity index (χ0n) is 10.2. The SMILES string of the molecule is Cc1nnc(Sc2ccccc2CNC2CC2)s1. The minimum atomic E-state index is 0.742. The van der Waals surface area contributed by atoms with E-state index in [9.17, 15) is 0 Å². The van der Waals surface area contributed by atoms with Gasteiger partial charge in [0.25, 0.3) is 0 Å². The number of rotatable bonds is 5. The number of aromatic nitrogens is 2. The van der Waals surface area contributed by atoms with Gasteiger partial charge >= 0.3 is 0 Å². The third-order valence-corrected chi connectivity index (χ3v) is 4.84. The molecule has 0 unspecified atom stereocenters. The van der Waals surface area contributed by atoms with Crippen molar-refractivity contribution >= 4 is 23.1 Å². The molecule has 0 aliphatic heterocycles. The molecule has 1 aromatic carbocycles. The van der Waals surface area contributed by atoms with Crippen LogP contribution in [0.4, 0.5) is 0 Å². The molecule has 1 aliphatic carbocycles. The lowest BCUT2D eigenvalue weighted by Crippen LogP contribution is -2.15. The summed E-state index contributed by atoms with van der Waals surface area (Å²) in [7, 11) is 0. The van der Waals surface area contributed by atoms with E-state index in [1.54, 1.807) is 23.1 Å². The van der Waals surface area contributed by atoms with Crippen LogP contribution in [0.15, 0.2) is 33.5 Å². The van der Waals surface area contributed by atoms with Gasteiger partial charge < -0.3 is 5.32 Å². The van der Waals surface area contributed by atoms with Gasteiger partial charge in [-0.25, -0.2) is 0 Å². The van der Waals surface area contributed by atoms with Crippen molar-refractivity contribution in [3.05, 3.63) is 34.8 Å². The number of nitrogens with zero attached hydrogens (tertiary/aromatic N) is 2. The molecule has 0 amide bonds. The van der Waals surface area contributed by atoms with Crippen molar-refractivity contribution in [1.82, 2.24) is 15.5 Å². The topological polar surface area (TPSA) is 37.8 Å². The first-order chi connectivity index (χ1) is 8.81. The normalized spacial score (nSPS) is 14.9. The van der Waals surface area contributed by atoms with E-state index in [0.29, 0.717) is 0 Å². The Kier molecular flexibility index (Phi) is 3.63. The maximum absolute atomic E-state index is 4.17. The second-order valence-corrected chi connectivity index (χ2v) is 6.92. The van der Waals surface area contributed by atoms with E-state index in [2.05, 4.69) is 39.8 Å². The lowest BCUT2D eigenvalue weighted by Gasteiger charge is -2.08. The Balaban J connectivity index is 1.73. The average molecular weight is 277 g/mol. The first kappa shape index (κ1) is 12.1. The summed E-state index contributed by atoms with van der Waals surface area (Å²) in [5.41, 5.74) is 1.35. The van der Waals surface area contributed by atoms with E-state index in [1.165, 1.54) is 23.3 Å². The van der Waals surface area contributed by atoms with Gasteiger partial charge in [-0.2, -0.15) is 0 Å². The molecule has 1 N–H and O–H groups in total. The van der Waals surface area contributed by atoms with E-state index in [0.717, 1.165) is 21.9 Å². The van der Waals surface area contributed by atoms with E-state index in [-0.39, 0.29) is 0 Å². The summed E-state index contributed by atoms with van der Waals surface area (Å²) in [4.78, 5) is 1.28. The van der Waals surface area contributed by atoms with Gasteiger partial charge in [-0.05, 0) is 31.4 Å². The van der Waals surface area contributed by atoms with Crippen LogP contribution in [0.5, 0.6) is 0 Å². The molecule has 94 valence electrons. The summed E-state index contributed by atoms with van der Waals surface area (Å²) < 4.78 is 1.02. The van der Waals surface area contributed by atoms with Crippen LogP contribution < -0.4 is 5.32 Å². The zero-order valence-corrected chi connectivity index (χ0v) is 11.9. The molecule has 18 heavy (non-hydrogen) atoms. The number of aryl methyl sites for hydroxylation is 1. The van der Waals surface area contributed by atoms with Gasteiger partial charge in [-0.1, -0.05) is 41.3 Å². The fourth-order valence-electron chi connectivity index (χ4n) is 1.70. The minimum absolute atomic E-state index is 0.742. The summed E-state index contributed by atoms with van der Waals surface area (Å²) in [6.07, 6.45) is 2.65. The van der Waals surface area contributed by atoms with E-state index < -0.39 is 0 Å². The Hall–Kier alpha value is -0.910. The highest BCUT2D eigenvalue weighted by atomic mass is 32.2. The molecule has 3 nitrogen and oxygen atoms in total. The smallest absolute Gasteiger partial charge is 0.179 e. The molecule has 1 heterocycles. The number of nitrogens with one attached hydrogen (secondary N) is 1. The molecule has 1 saturated carbocycles. The molecular formula is C13H15N3S2. The lowest BCUT2D eigenvalue weighted by molar-refractivity contribution is 0.680. The fraction of sp³-hybridized carbons (Fsp3) is 0.385. The van der Waals surface area contributed by atoms with Crippen LogP contribution in [0, 0.1) is 6.92 Å². The zero-order chi connectivity index (χ0) is 12.4. The third kappa shape index (κ3) is 3.10. The van der Waals surface area contributed by atoms with E-state index in [4.69, 9.17) is 0 Å². The van der Waals surface area contributed by atoms with Crippen molar-refractivity contribution in [2.75, 3.05) is 0 Å². The van der Waals surface area contributed by atoms with Crippen LogP contribution in [-0.2, 0) is 6.54 Å². The maximum atomic E-state index is 4.17. The van der Waals surface area contributed by atoms with Crippen LogP contribution in [0.2, 0.25) is 0 Å². The fourth-order valence-corrected chi connectivity index (χ4v) is 3.61. The average Bonchev–Trinajstić information content (AvgIpc) is 3.12. The Labute approximate surface area is 115 Å². The Morgan fingerprint density at radius 2 is 2.17 bits per heavy atom. The third-order valence-electron chi connectivity index (χ3n) is 2.84.